The highest BCUT2D eigenvalue weighted by Crippen LogP contribution is 2.14. The van der Waals surface area contributed by atoms with Crippen LogP contribution in [0.2, 0.25) is 0 Å². The third-order valence-electron chi connectivity index (χ3n) is 1.83. The Hall–Kier alpha value is -0.990. The summed E-state index contributed by atoms with van der Waals surface area (Å²) in [5, 5.41) is 0. The van der Waals surface area contributed by atoms with E-state index >= 15 is 0 Å². The van der Waals surface area contributed by atoms with Gasteiger partial charge in [0.15, 0.2) is 5.96 Å². The van der Waals surface area contributed by atoms with E-state index in [4.69, 9.17) is 11.5 Å². The molecule has 0 amide bonds. The summed E-state index contributed by atoms with van der Waals surface area (Å²) in [6, 6.07) is 0.343. The molecule has 0 heterocycles. The second-order valence-electron chi connectivity index (χ2n) is 2.83. The first-order chi connectivity index (χ1) is 5.29. The molecule has 1 aliphatic carbocycles. The van der Waals surface area contributed by atoms with Crippen LogP contribution < -0.4 is 11.5 Å². The van der Waals surface area contributed by atoms with Crippen molar-refractivity contribution in [3.63, 3.8) is 0 Å². The lowest BCUT2D eigenvalue weighted by molar-refractivity contribution is 0.595. The third-order valence-corrected chi connectivity index (χ3v) is 1.83. The van der Waals surface area contributed by atoms with Gasteiger partial charge < -0.3 is 11.5 Å². The van der Waals surface area contributed by atoms with E-state index < -0.39 is 0 Å². The van der Waals surface area contributed by atoms with Crippen molar-refractivity contribution in [2.45, 2.75) is 31.7 Å². The van der Waals surface area contributed by atoms with Gasteiger partial charge in [-0.3, -0.25) is 4.99 Å². The Morgan fingerprint density at radius 1 is 1.18 bits per heavy atom. The van der Waals surface area contributed by atoms with Gasteiger partial charge in [-0.25, -0.2) is 0 Å². The van der Waals surface area contributed by atoms with Crippen LogP contribution >= 0.6 is 0 Å². The van der Waals surface area contributed by atoms with Gasteiger partial charge >= 0.3 is 0 Å². The summed E-state index contributed by atoms with van der Waals surface area (Å²) in [4.78, 5) is 4.13. The summed E-state index contributed by atoms with van der Waals surface area (Å²) in [7, 11) is 0. The van der Waals surface area contributed by atoms with Gasteiger partial charge in [0.2, 0.25) is 0 Å². The fourth-order valence-corrected chi connectivity index (χ4v) is 1.30. The maximum atomic E-state index is 5.28. The predicted molar refractivity (Wildman–Crippen MR) is 47.2 cm³/mol. The van der Waals surface area contributed by atoms with E-state index in [1.165, 1.54) is 0 Å². The van der Waals surface area contributed by atoms with Gasteiger partial charge in [-0.1, -0.05) is 12.2 Å². The van der Waals surface area contributed by atoms with Gasteiger partial charge in [-0.05, 0) is 25.7 Å². The van der Waals surface area contributed by atoms with Crippen molar-refractivity contribution in [2.75, 3.05) is 0 Å². The SMILES string of the molecule is NC(N)=NC1CCC=CCC1. The Morgan fingerprint density at radius 3 is 2.18 bits per heavy atom. The monoisotopic (exact) mass is 153 g/mol. The fraction of sp³-hybridized carbons (Fsp3) is 0.625. The molecule has 0 bridgehead atoms. The third kappa shape index (κ3) is 3.07. The van der Waals surface area contributed by atoms with E-state index in [1.54, 1.807) is 0 Å². The van der Waals surface area contributed by atoms with Crippen LogP contribution in [0.1, 0.15) is 25.7 Å². The first kappa shape index (κ1) is 8.11. The van der Waals surface area contributed by atoms with Crippen molar-refractivity contribution in [1.82, 2.24) is 0 Å². The Kier molecular flexibility index (Phi) is 2.95. The average Bonchev–Trinajstić information content (AvgIpc) is 2.14. The number of hydrogen-bond donors (Lipinski definition) is 2. The second-order valence-corrected chi connectivity index (χ2v) is 2.83. The van der Waals surface area contributed by atoms with E-state index in [-0.39, 0.29) is 5.96 Å². The lowest BCUT2D eigenvalue weighted by Gasteiger charge is -2.07. The summed E-state index contributed by atoms with van der Waals surface area (Å²) in [5.74, 6) is 0.219. The molecule has 0 fully saturated rings. The van der Waals surface area contributed by atoms with Crippen LogP contribution in [0.3, 0.4) is 0 Å². The zero-order valence-corrected chi connectivity index (χ0v) is 6.66. The standard InChI is InChI=1S/C8H15N3/c9-8(10)11-7-5-3-1-2-4-6-7/h1-2,7H,3-6H2,(H4,9,10,11). The molecule has 0 atom stereocenters. The Labute approximate surface area is 67.2 Å². The number of guanidine groups is 1. The highest BCUT2D eigenvalue weighted by molar-refractivity contribution is 5.75. The number of nitrogens with two attached hydrogens (primary N) is 2. The molecule has 4 N–H and O–H groups in total. The second kappa shape index (κ2) is 4.01. The topological polar surface area (TPSA) is 64.4 Å². The highest BCUT2D eigenvalue weighted by atomic mass is 15.0. The van der Waals surface area contributed by atoms with Crippen molar-refractivity contribution in [1.29, 1.82) is 0 Å². The van der Waals surface area contributed by atoms with E-state index in [1.807, 2.05) is 0 Å². The lowest BCUT2D eigenvalue weighted by Crippen LogP contribution is -2.25. The normalized spacial score (nSPS) is 19.3. The number of hydrogen-bond acceptors (Lipinski definition) is 1. The predicted octanol–water partition coefficient (Wildman–Crippen LogP) is 0.759. The Morgan fingerprint density at radius 2 is 1.73 bits per heavy atom. The number of rotatable bonds is 1. The molecule has 0 saturated heterocycles. The molecular weight excluding hydrogens is 138 g/mol. The summed E-state index contributed by atoms with van der Waals surface area (Å²) in [6.45, 7) is 0. The molecule has 0 spiro atoms. The summed E-state index contributed by atoms with van der Waals surface area (Å²) in [6.07, 6.45) is 8.75. The number of allylic oxidation sites excluding steroid dienone is 2. The Bertz CT molecular complexity index is 158. The van der Waals surface area contributed by atoms with Gasteiger partial charge in [0, 0.05) is 0 Å². The van der Waals surface area contributed by atoms with Gasteiger partial charge in [-0.15, -0.1) is 0 Å². The van der Waals surface area contributed by atoms with Crippen LogP contribution in [-0.2, 0) is 0 Å². The van der Waals surface area contributed by atoms with Crippen molar-refractivity contribution in [3.8, 4) is 0 Å². The molecule has 3 heteroatoms. The molecule has 0 radical (unpaired) electrons. The quantitative estimate of drug-likeness (QED) is 0.332. The summed E-state index contributed by atoms with van der Waals surface area (Å²) < 4.78 is 0. The summed E-state index contributed by atoms with van der Waals surface area (Å²) in [5.41, 5.74) is 10.6. The highest BCUT2D eigenvalue weighted by Gasteiger charge is 2.06. The minimum atomic E-state index is 0.219. The van der Waals surface area contributed by atoms with Crippen molar-refractivity contribution in [2.24, 2.45) is 16.5 Å². The van der Waals surface area contributed by atoms with Crippen molar-refractivity contribution >= 4 is 5.96 Å². The smallest absolute Gasteiger partial charge is 0.186 e. The minimum absolute atomic E-state index is 0.219. The van der Waals surface area contributed by atoms with E-state index in [2.05, 4.69) is 17.1 Å². The molecule has 62 valence electrons. The molecule has 0 saturated carbocycles. The molecule has 1 aliphatic rings. The first-order valence-electron chi connectivity index (χ1n) is 4.03. The van der Waals surface area contributed by atoms with Crippen LogP contribution in [0.15, 0.2) is 17.1 Å². The van der Waals surface area contributed by atoms with Crippen LogP contribution in [-0.4, -0.2) is 12.0 Å². The van der Waals surface area contributed by atoms with E-state index in [0.717, 1.165) is 25.7 Å². The molecule has 11 heavy (non-hydrogen) atoms. The average molecular weight is 153 g/mol. The number of nitrogens with zero attached hydrogens (tertiary/aromatic N) is 1. The number of aliphatic imine (C=N–C) groups is 1. The van der Waals surface area contributed by atoms with Gasteiger partial charge in [0.1, 0.15) is 0 Å². The molecule has 0 aromatic carbocycles. The molecule has 0 aromatic rings. The maximum absolute atomic E-state index is 5.28. The van der Waals surface area contributed by atoms with Crippen LogP contribution in [0, 0.1) is 0 Å². The molecule has 0 aliphatic heterocycles. The largest absolute Gasteiger partial charge is 0.370 e. The molecule has 0 aromatic heterocycles. The van der Waals surface area contributed by atoms with Gasteiger partial charge in [0.25, 0.3) is 0 Å². The molecule has 3 nitrogen and oxygen atoms in total. The van der Waals surface area contributed by atoms with Gasteiger partial charge in [-0.2, -0.15) is 0 Å². The zero-order valence-electron chi connectivity index (χ0n) is 6.66. The van der Waals surface area contributed by atoms with Crippen LogP contribution in [0.4, 0.5) is 0 Å². The van der Waals surface area contributed by atoms with E-state index in [0.29, 0.717) is 6.04 Å². The molecular formula is C8H15N3. The minimum Gasteiger partial charge on any atom is -0.370 e. The Balaban J connectivity index is 2.41. The first-order valence-corrected chi connectivity index (χ1v) is 4.03. The molecule has 1 rings (SSSR count). The maximum Gasteiger partial charge on any atom is 0.186 e. The van der Waals surface area contributed by atoms with Crippen LogP contribution in [0.25, 0.3) is 0 Å². The van der Waals surface area contributed by atoms with Crippen molar-refractivity contribution in [3.05, 3.63) is 12.2 Å². The fourth-order valence-electron chi connectivity index (χ4n) is 1.30. The van der Waals surface area contributed by atoms with Gasteiger partial charge in [0.05, 0.1) is 6.04 Å². The van der Waals surface area contributed by atoms with Crippen LogP contribution in [0.5, 0.6) is 0 Å². The molecule has 0 unspecified atom stereocenters. The van der Waals surface area contributed by atoms with Crippen molar-refractivity contribution < 1.29 is 0 Å². The van der Waals surface area contributed by atoms with E-state index in [9.17, 15) is 0 Å². The zero-order chi connectivity index (χ0) is 8.10. The summed E-state index contributed by atoms with van der Waals surface area (Å²) >= 11 is 0. The lowest BCUT2D eigenvalue weighted by atomic mass is 10.1.